The van der Waals surface area contributed by atoms with Crippen molar-refractivity contribution in [2.75, 3.05) is 4.90 Å². The molecule has 0 unspecified atom stereocenters. The van der Waals surface area contributed by atoms with Crippen LogP contribution in [-0.4, -0.2) is 4.98 Å². The highest BCUT2D eigenvalue weighted by Gasteiger charge is 2.37. The fourth-order valence-electron chi connectivity index (χ4n) is 5.11. The number of fused-ring (bicyclic) bond motifs is 2. The van der Waals surface area contributed by atoms with E-state index in [1.165, 1.54) is 22.5 Å². The van der Waals surface area contributed by atoms with E-state index in [1.807, 2.05) is 12.1 Å². The number of pyridine rings is 1. The minimum Gasteiger partial charge on any atom is -0.310 e. The minimum absolute atomic E-state index is 0.121. The molecule has 170 valence electrons. The number of para-hydroxylation sites is 1. The molecule has 2 nitrogen and oxygen atoms in total. The first kappa shape index (κ1) is 21.8. The van der Waals surface area contributed by atoms with E-state index >= 15 is 0 Å². The van der Waals surface area contributed by atoms with E-state index < -0.39 is 0 Å². The zero-order chi connectivity index (χ0) is 24.0. The molecule has 1 aliphatic heterocycles. The van der Waals surface area contributed by atoms with Gasteiger partial charge in [0.2, 0.25) is 0 Å². The molecule has 0 N–H and O–H groups in total. The topological polar surface area (TPSA) is 16.1 Å². The normalized spacial score (nSPS) is 13.7. The van der Waals surface area contributed by atoms with E-state index in [-0.39, 0.29) is 5.41 Å². The number of anilines is 3. The Kier molecular flexibility index (Phi) is 5.31. The fourth-order valence-corrected chi connectivity index (χ4v) is 5.47. The van der Waals surface area contributed by atoms with Gasteiger partial charge < -0.3 is 4.90 Å². The zero-order valence-electron chi connectivity index (χ0n) is 19.7. The second-order valence-electron chi connectivity index (χ2n) is 9.47. The average Bonchev–Trinajstić information content (AvgIpc) is 2.90. The van der Waals surface area contributed by atoms with Crippen molar-refractivity contribution in [3.63, 3.8) is 0 Å². The third-order valence-corrected chi connectivity index (χ3v) is 7.39. The van der Waals surface area contributed by atoms with Gasteiger partial charge in [-0.2, -0.15) is 0 Å². The van der Waals surface area contributed by atoms with Gasteiger partial charge in [-0.3, -0.25) is 0 Å². The van der Waals surface area contributed by atoms with Crippen molar-refractivity contribution >= 4 is 33.0 Å². The molecule has 4 aromatic carbocycles. The monoisotopic (exact) mass is 516 g/mol. The van der Waals surface area contributed by atoms with E-state index in [0.29, 0.717) is 0 Å². The molecular formula is C32H25BrN2. The first-order valence-electron chi connectivity index (χ1n) is 11.8. The Balaban J connectivity index is 1.64. The van der Waals surface area contributed by atoms with Crippen LogP contribution in [0.5, 0.6) is 0 Å². The molecule has 0 atom stereocenters. The number of aromatic nitrogens is 1. The van der Waals surface area contributed by atoms with Gasteiger partial charge in [0, 0.05) is 21.0 Å². The van der Waals surface area contributed by atoms with E-state index in [1.54, 1.807) is 0 Å². The van der Waals surface area contributed by atoms with Crippen LogP contribution in [0.15, 0.2) is 120 Å². The van der Waals surface area contributed by atoms with E-state index in [2.05, 4.69) is 138 Å². The second kappa shape index (κ2) is 8.51. The lowest BCUT2D eigenvalue weighted by Crippen LogP contribution is -2.30. The number of halogens is 1. The van der Waals surface area contributed by atoms with Crippen LogP contribution in [0.1, 0.15) is 25.0 Å². The van der Waals surface area contributed by atoms with Gasteiger partial charge in [0.1, 0.15) is 0 Å². The molecule has 0 saturated carbocycles. The summed E-state index contributed by atoms with van der Waals surface area (Å²) in [6.45, 7) is 4.62. The molecule has 0 radical (unpaired) electrons. The predicted octanol–water partition coefficient (Wildman–Crippen LogP) is 9.29. The van der Waals surface area contributed by atoms with Crippen LogP contribution in [0.2, 0.25) is 0 Å². The van der Waals surface area contributed by atoms with Gasteiger partial charge in [-0.15, -0.1) is 0 Å². The minimum atomic E-state index is -0.121. The summed E-state index contributed by atoms with van der Waals surface area (Å²) in [5.74, 6) is 0. The van der Waals surface area contributed by atoms with Gasteiger partial charge in [0.05, 0.1) is 28.5 Å². The smallest absolute Gasteiger partial charge is 0.0730 e. The highest BCUT2D eigenvalue weighted by molar-refractivity contribution is 9.10. The SMILES string of the molecule is CC1(C)c2ccccc2N(c2cc(-c3ccccc3)nc(-c3ccccc3)c2)c2ccc(Br)cc21. The van der Waals surface area contributed by atoms with E-state index in [9.17, 15) is 0 Å². The van der Waals surface area contributed by atoms with Crippen molar-refractivity contribution in [2.45, 2.75) is 19.3 Å². The molecule has 0 bridgehead atoms. The van der Waals surface area contributed by atoms with Crippen molar-refractivity contribution in [1.29, 1.82) is 0 Å². The number of hydrogen-bond acceptors (Lipinski definition) is 2. The van der Waals surface area contributed by atoms with Crippen LogP contribution in [-0.2, 0) is 5.41 Å². The van der Waals surface area contributed by atoms with Gasteiger partial charge in [0.25, 0.3) is 0 Å². The lowest BCUT2D eigenvalue weighted by atomic mass is 9.73. The van der Waals surface area contributed by atoms with E-state index in [4.69, 9.17) is 4.98 Å². The molecule has 1 aliphatic rings. The van der Waals surface area contributed by atoms with Crippen LogP contribution in [0.4, 0.5) is 17.1 Å². The van der Waals surface area contributed by atoms with Gasteiger partial charge in [-0.25, -0.2) is 4.98 Å². The maximum Gasteiger partial charge on any atom is 0.0730 e. The maximum atomic E-state index is 5.09. The lowest BCUT2D eigenvalue weighted by molar-refractivity contribution is 0.631. The first-order valence-corrected chi connectivity index (χ1v) is 12.6. The summed E-state index contributed by atoms with van der Waals surface area (Å²) in [6, 6.07) is 40.6. The summed E-state index contributed by atoms with van der Waals surface area (Å²) in [6.07, 6.45) is 0. The Labute approximate surface area is 215 Å². The summed E-state index contributed by atoms with van der Waals surface area (Å²) >= 11 is 3.71. The predicted molar refractivity (Wildman–Crippen MR) is 150 cm³/mol. The molecule has 3 heteroatoms. The van der Waals surface area contributed by atoms with Crippen LogP contribution in [0.3, 0.4) is 0 Å². The van der Waals surface area contributed by atoms with Crippen molar-refractivity contribution in [3.8, 4) is 22.5 Å². The summed E-state index contributed by atoms with van der Waals surface area (Å²) in [5.41, 5.74) is 10.1. The fraction of sp³-hybridized carbons (Fsp3) is 0.0938. The standard InChI is InChI=1S/C32H25BrN2/c1-32(2)26-15-9-10-16-30(26)35(31-18-17-24(33)19-27(31)32)25-20-28(22-11-5-3-6-12-22)34-29(21-25)23-13-7-4-8-14-23/h3-21H,1-2H3. The van der Waals surface area contributed by atoms with Gasteiger partial charge in [0.15, 0.2) is 0 Å². The largest absolute Gasteiger partial charge is 0.310 e. The Bertz CT molecular complexity index is 1470. The molecular weight excluding hydrogens is 492 g/mol. The second-order valence-corrected chi connectivity index (χ2v) is 10.4. The van der Waals surface area contributed by atoms with Crippen LogP contribution >= 0.6 is 15.9 Å². The number of hydrogen-bond donors (Lipinski definition) is 0. The third kappa shape index (κ3) is 3.77. The van der Waals surface area contributed by atoms with Crippen LogP contribution in [0, 0.1) is 0 Å². The Morgan fingerprint density at radius 1 is 0.600 bits per heavy atom. The molecule has 5 aromatic rings. The van der Waals surface area contributed by atoms with Gasteiger partial charge >= 0.3 is 0 Å². The first-order chi connectivity index (χ1) is 17.0. The molecule has 0 fully saturated rings. The number of nitrogens with zero attached hydrogens (tertiary/aromatic N) is 2. The molecule has 35 heavy (non-hydrogen) atoms. The molecule has 6 rings (SSSR count). The molecule has 0 amide bonds. The average molecular weight is 517 g/mol. The highest BCUT2D eigenvalue weighted by Crippen LogP contribution is 2.52. The van der Waals surface area contributed by atoms with Crippen molar-refractivity contribution in [2.24, 2.45) is 0 Å². The molecule has 0 saturated heterocycles. The lowest BCUT2D eigenvalue weighted by Gasteiger charge is -2.42. The number of benzene rings is 4. The Morgan fingerprint density at radius 2 is 1.14 bits per heavy atom. The molecule has 0 aliphatic carbocycles. The Morgan fingerprint density at radius 3 is 1.77 bits per heavy atom. The summed E-state index contributed by atoms with van der Waals surface area (Å²) < 4.78 is 1.09. The van der Waals surface area contributed by atoms with Gasteiger partial charge in [-0.05, 0) is 47.5 Å². The molecule has 2 heterocycles. The van der Waals surface area contributed by atoms with Gasteiger partial charge in [-0.1, -0.05) is 109 Å². The maximum absolute atomic E-state index is 5.09. The van der Waals surface area contributed by atoms with E-state index in [0.717, 1.165) is 32.7 Å². The molecule has 1 aromatic heterocycles. The summed E-state index contributed by atoms with van der Waals surface area (Å²) in [5, 5.41) is 0. The van der Waals surface area contributed by atoms with Crippen molar-refractivity contribution in [1.82, 2.24) is 4.98 Å². The van der Waals surface area contributed by atoms with Crippen LogP contribution < -0.4 is 4.90 Å². The summed E-state index contributed by atoms with van der Waals surface area (Å²) in [4.78, 5) is 7.48. The van der Waals surface area contributed by atoms with Crippen molar-refractivity contribution < 1.29 is 0 Å². The quantitative estimate of drug-likeness (QED) is 0.237. The zero-order valence-corrected chi connectivity index (χ0v) is 21.3. The highest BCUT2D eigenvalue weighted by atomic mass is 79.9. The van der Waals surface area contributed by atoms with Crippen molar-refractivity contribution in [3.05, 3.63) is 131 Å². The molecule has 0 spiro atoms. The number of rotatable bonds is 3. The Hall–Kier alpha value is -3.69. The summed E-state index contributed by atoms with van der Waals surface area (Å²) in [7, 11) is 0. The third-order valence-electron chi connectivity index (χ3n) is 6.90. The van der Waals surface area contributed by atoms with Crippen LogP contribution in [0.25, 0.3) is 22.5 Å².